The van der Waals surface area contributed by atoms with Gasteiger partial charge in [-0.3, -0.25) is 4.90 Å². The van der Waals surface area contributed by atoms with E-state index in [1.807, 2.05) is 4.90 Å². The van der Waals surface area contributed by atoms with E-state index >= 15 is 0 Å². The third-order valence-corrected chi connectivity index (χ3v) is 1.57. The lowest BCUT2D eigenvalue weighted by Gasteiger charge is -2.25. The molecule has 1 aliphatic rings. The van der Waals surface area contributed by atoms with Crippen LogP contribution in [0, 0.1) is 19.9 Å². The molecule has 4 radical (unpaired) electrons. The van der Waals surface area contributed by atoms with E-state index in [4.69, 9.17) is 14.0 Å². The number of rotatable bonds is 0. The van der Waals surface area contributed by atoms with Crippen LogP contribution in [0.3, 0.4) is 0 Å². The fraction of sp³-hybridized carbons (Fsp3) is 0.714. The number of piperidine rings is 1. The lowest BCUT2D eigenvalue weighted by Crippen LogP contribution is -2.27. The monoisotopic (exact) mass is 109 g/mol. The molecule has 1 rings (SSSR count). The fourth-order valence-corrected chi connectivity index (χ4v) is 0.919. The lowest BCUT2D eigenvalue weighted by molar-refractivity contribution is 0.266. The molecule has 0 atom stereocenters. The van der Waals surface area contributed by atoms with Crippen LogP contribution < -0.4 is 0 Å². The second-order valence-corrected chi connectivity index (χ2v) is 2.37. The molecule has 0 aromatic heterocycles. The van der Waals surface area contributed by atoms with Gasteiger partial charge in [0.25, 0.3) is 0 Å². The molecule has 0 aliphatic carbocycles. The van der Waals surface area contributed by atoms with Gasteiger partial charge in [-0.15, -0.1) is 0 Å². The van der Waals surface area contributed by atoms with E-state index in [1.54, 1.807) is 0 Å². The van der Waals surface area contributed by atoms with Gasteiger partial charge in [-0.1, -0.05) is 0 Å². The standard InChI is InChI=1S/C7H11N/c1-7-3-5-8(2)6-4-7/h1-2,7H,3-6H2. The molecule has 1 heterocycles. The normalized spacial score (nSPS) is 26.2. The van der Waals surface area contributed by atoms with Gasteiger partial charge in [0.05, 0.1) is 0 Å². The van der Waals surface area contributed by atoms with Gasteiger partial charge in [0.2, 0.25) is 0 Å². The number of hydrogen-bond donors (Lipinski definition) is 0. The summed E-state index contributed by atoms with van der Waals surface area (Å²) < 4.78 is 0. The molecule has 0 amide bonds. The first-order valence-electron chi connectivity index (χ1n) is 3.04. The maximum Gasteiger partial charge on any atom is 0.0438 e. The van der Waals surface area contributed by atoms with Crippen LogP contribution in [0.5, 0.6) is 0 Å². The van der Waals surface area contributed by atoms with E-state index < -0.39 is 0 Å². The minimum Gasteiger partial charge on any atom is -0.297 e. The third kappa shape index (κ3) is 1.48. The third-order valence-electron chi connectivity index (χ3n) is 1.57. The molecule has 0 aromatic rings. The zero-order valence-electron chi connectivity index (χ0n) is 5.01. The van der Waals surface area contributed by atoms with Crippen molar-refractivity contribution < 1.29 is 0 Å². The molecular formula is C7H11N. The van der Waals surface area contributed by atoms with Crippen LogP contribution in [0.15, 0.2) is 0 Å². The number of likely N-dealkylation sites (tertiary alicyclic amines) is 1. The molecule has 1 heteroatoms. The van der Waals surface area contributed by atoms with Crippen LogP contribution in [0.1, 0.15) is 12.8 Å². The van der Waals surface area contributed by atoms with Crippen LogP contribution in [-0.4, -0.2) is 18.0 Å². The second-order valence-electron chi connectivity index (χ2n) is 2.37. The van der Waals surface area contributed by atoms with E-state index in [0.717, 1.165) is 25.9 Å². The average molecular weight is 109 g/mol. The van der Waals surface area contributed by atoms with Gasteiger partial charge < -0.3 is 0 Å². The summed E-state index contributed by atoms with van der Waals surface area (Å²) in [6.07, 6.45) is 2.10. The molecule has 44 valence electrons. The summed E-state index contributed by atoms with van der Waals surface area (Å²) in [7, 11) is 5.47. The van der Waals surface area contributed by atoms with Crippen molar-refractivity contribution in [3.05, 3.63) is 14.0 Å². The minimum atomic E-state index is 0.398. The van der Waals surface area contributed by atoms with E-state index in [1.165, 1.54) is 0 Å². The van der Waals surface area contributed by atoms with Crippen molar-refractivity contribution in [2.24, 2.45) is 5.92 Å². The summed E-state index contributed by atoms with van der Waals surface area (Å²) in [6, 6.07) is 0. The first-order valence-corrected chi connectivity index (χ1v) is 3.04. The van der Waals surface area contributed by atoms with Crippen molar-refractivity contribution in [3.63, 3.8) is 0 Å². The van der Waals surface area contributed by atoms with Crippen molar-refractivity contribution in [2.75, 3.05) is 13.1 Å². The summed E-state index contributed by atoms with van der Waals surface area (Å²) in [5.41, 5.74) is 0. The number of nitrogens with zero attached hydrogens (tertiary/aromatic N) is 1. The first kappa shape index (κ1) is 6.09. The molecule has 1 nitrogen and oxygen atoms in total. The number of hydrogen-bond acceptors (Lipinski definition) is 1. The molecule has 1 aliphatic heterocycles. The van der Waals surface area contributed by atoms with E-state index in [-0.39, 0.29) is 0 Å². The van der Waals surface area contributed by atoms with Crippen molar-refractivity contribution in [1.82, 2.24) is 4.90 Å². The Balaban J connectivity index is 2.19. The predicted molar refractivity (Wildman–Crippen MR) is 32.9 cm³/mol. The fourth-order valence-electron chi connectivity index (χ4n) is 0.919. The van der Waals surface area contributed by atoms with Crippen LogP contribution in [-0.2, 0) is 0 Å². The highest BCUT2D eigenvalue weighted by atomic mass is 15.1. The van der Waals surface area contributed by atoms with Gasteiger partial charge in [0.1, 0.15) is 0 Å². The quantitative estimate of drug-likeness (QED) is 0.450. The Kier molecular flexibility index (Phi) is 1.90. The molecule has 1 saturated heterocycles. The maximum atomic E-state index is 5.61. The van der Waals surface area contributed by atoms with Crippen LogP contribution >= 0.6 is 0 Å². The molecule has 0 N–H and O–H groups in total. The van der Waals surface area contributed by atoms with E-state index in [9.17, 15) is 0 Å². The Morgan fingerprint density at radius 2 is 1.75 bits per heavy atom. The molecule has 0 bridgehead atoms. The summed E-state index contributed by atoms with van der Waals surface area (Å²) in [5.74, 6) is 0.398. The summed E-state index contributed by atoms with van der Waals surface area (Å²) in [6.45, 7) is 7.53. The molecule has 8 heavy (non-hydrogen) atoms. The molecule has 0 aromatic carbocycles. The first-order chi connectivity index (χ1) is 3.79. The van der Waals surface area contributed by atoms with Gasteiger partial charge >= 0.3 is 0 Å². The van der Waals surface area contributed by atoms with Crippen molar-refractivity contribution in [1.29, 1.82) is 0 Å². The SMILES string of the molecule is [CH]C1CCN([CH])CC1. The van der Waals surface area contributed by atoms with Crippen LogP contribution in [0.4, 0.5) is 0 Å². The molecule has 0 unspecified atom stereocenters. The van der Waals surface area contributed by atoms with Crippen molar-refractivity contribution in [2.45, 2.75) is 12.8 Å². The molecule has 0 spiro atoms. The highest BCUT2D eigenvalue weighted by Crippen LogP contribution is 2.13. The largest absolute Gasteiger partial charge is 0.297 e. The predicted octanol–water partition coefficient (Wildman–Crippen LogP) is 1.08. The van der Waals surface area contributed by atoms with Gasteiger partial charge in [-0.05, 0) is 38.8 Å². The van der Waals surface area contributed by atoms with Crippen LogP contribution in [0.2, 0.25) is 0 Å². The highest BCUT2D eigenvalue weighted by molar-refractivity contribution is 4.72. The Hall–Kier alpha value is -0.0400. The molecular weight excluding hydrogens is 98.1 g/mol. The van der Waals surface area contributed by atoms with E-state index in [2.05, 4.69) is 0 Å². The Bertz CT molecular complexity index is 52.8. The van der Waals surface area contributed by atoms with Gasteiger partial charge in [-0.25, -0.2) is 0 Å². The smallest absolute Gasteiger partial charge is 0.0438 e. The van der Waals surface area contributed by atoms with E-state index in [0.29, 0.717) is 5.92 Å². The van der Waals surface area contributed by atoms with Gasteiger partial charge in [-0.2, -0.15) is 0 Å². The minimum absolute atomic E-state index is 0.398. The summed E-state index contributed by atoms with van der Waals surface area (Å²) in [5, 5.41) is 0. The van der Waals surface area contributed by atoms with Gasteiger partial charge in [0.15, 0.2) is 0 Å². The maximum absolute atomic E-state index is 5.61. The Labute approximate surface area is 51.7 Å². The molecule has 0 saturated carbocycles. The average Bonchev–Trinajstić information content (AvgIpc) is 1.77. The lowest BCUT2D eigenvalue weighted by atomic mass is 10.00. The highest BCUT2D eigenvalue weighted by Gasteiger charge is 2.11. The van der Waals surface area contributed by atoms with Gasteiger partial charge in [0, 0.05) is 7.05 Å². The second kappa shape index (κ2) is 2.49. The Morgan fingerprint density at radius 3 is 2.12 bits per heavy atom. The summed E-state index contributed by atoms with van der Waals surface area (Å²) in [4.78, 5) is 1.82. The zero-order valence-corrected chi connectivity index (χ0v) is 5.01. The topological polar surface area (TPSA) is 3.24 Å². The van der Waals surface area contributed by atoms with Crippen LogP contribution in [0.25, 0.3) is 0 Å². The van der Waals surface area contributed by atoms with Crippen molar-refractivity contribution >= 4 is 0 Å². The summed E-state index contributed by atoms with van der Waals surface area (Å²) >= 11 is 0. The zero-order chi connectivity index (χ0) is 5.98. The Morgan fingerprint density at radius 1 is 1.25 bits per heavy atom. The van der Waals surface area contributed by atoms with Crippen molar-refractivity contribution in [3.8, 4) is 0 Å². The molecule has 1 fully saturated rings.